The summed E-state index contributed by atoms with van der Waals surface area (Å²) in [6.07, 6.45) is 7.38. The van der Waals surface area contributed by atoms with Gasteiger partial charge in [-0.05, 0) is 44.0 Å². The van der Waals surface area contributed by atoms with E-state index < -0.39 is 0 Å². The van der Waals surface area contributed by atoms with E-state index in [1.165, 1.54) is 12.1 Å². The van der Waals surface area contributed by atoms with Gasteiger partial charge < -0.3 is 9.69 Å². The summed E-state index contributed by atoms with van der Waals surface area (Å²) in [5, 5.41) is 0. The number of hydrogen-bond donors (Lipinski definition) is 0. The third-order valence-corrected chi connectivity index (χ3v) is 3.76. The number of hydrogen-bond acceptors (Lipinski definition) is 2. The number of carbonyl (C=O) groups excluding carboxylic acids is 2. The lowest BCUT2D eigenvalue weighted by molar-refractivity contribution is -0.118. The van der Waals surface area contributed by atoms with Crippen LogP contribution in [0.2, 0.25) is 0 Å². The van der Waals surface area contributed by atoms with Crippen molar-refractivity contribution in [2.75, 3.05) is 11.9 Å². The minimum atomic E-state index is -0.297. The van der Waals surface area contributed by atoms with E-state index in [1.54, 1.807) is 31.0 Å². The minimum Gasteiger partial charge on any atom is -0.316 e. The molecule has 0 fully saturated rings. The molecule has 0 aliphatic rings. The number of benzene rings is 1. The van der Waals surface area contributed by atoms with Gasteiger partial charge in [-0.15, -0.1) is 0 Å². The maximum atomic E-state index is 12.8. The van der Waals surface area contributed by atoms with Gasteiger partial charge in [0.15, 0.2) is 0 Å². The Hall–Kier alpha value is -1.71. The third kappa shape index (κ3) is 7.34. The molecule has 0 N–H and O–H groups in total. The predicted octanol–water partition coefficient (Wildman–Crippen LogP) is 4.50. The average molecular weight is 307 g/mol. The Morgan fingerprint density at radius 2 is 1.41 bits per heavy atom. The summed E-state index contributed by atoms with van der Waals surface area (Å²) in [6, 6.07) is 5.95. The van der Waals surface area contributed by atoms with Crippen molar-refractivity contribution in [3.63, 3.8) is 0 Å². The molecular weight excluding hydrogens is 281 g/mol. The van der Waals surface area contributed by atoms with Crippen LogP contribution >= 0.6 is 0 Å². The first-order valence-corrected chi connectivity index (χ1v) is 8.02. The van der Waals surface area contributed by atoms with Gasteiger partial charge in [-0.3, -0.25) is 4.79 Å². The number of nitrogens with zero attached hydrogens (tertiary/aromatic N) is 1. The Labute approximate surface area is 132 Å². The largest absolute Gasteiger partial charge is 0.316 e. The van der Waals surface area contributed by atoms with E-state index in [2.05, 4.69) is 0 Å². The summed E-state index contributed by atoms with van der Waals surface area (Å²) < 4.78 is 12.8. The second-order valence-corrected chi connectivity index (χ2v) is 5.75. The van der Waals surface area contributed by atoms with Gasteiger partial charge in [-0.2, -0.15) is 0 Å². The van der Waals surface area contributed by atoms with E-state index in [0.717, 1.165) is 44.2 Å². The molecule has 22 heavy (non-hydrogen) atoms. The second-order valence-electron chi connectivity index (χ2n) is 5.75. The van der Waals surface area contributed by atoms with Crippen LogP contribution in [-0.2, 0) is 9.59 Å². The highest BCUT2D eigenvalue weighted by molar-refractivity contribution is 5.92. The van der Waals surface area contributed by atoms with Gasteiger partial charge in [0.05, 0.1) is 0 Å². The number of anilines is 1. The molecule has 0 heterocycles. The van der Waals surface area contributed by atoms with E-state index >= 15 is 0 Å². The lowest BCUT2D eigenvalue weighted by atomic mass is 10.1. The van der Waals surface area contributed by atoms with Crippen molar-refractivity contribution in [2.24, 2.45) is 0 Å². The van der Waals surface area contributed by atoms with E-state index in [0.29, 0.717) is 12.8 Å². The quantitative estimate of drug-likeness (QED) is 0.597. The van der Waals surface area contributed by atoms with Crippen molar-refractivity contribution in [3.8, 4) is 0 Å². The standard InChI is InChI=1S/C18H26FNO2/c1-15(21)9-7-5-3-4-6-8-10-18(22)20(2)17-13-11-16(19)12-14-17/h11-14H,3-10H2,1-2H3. The van der Waals surface area contributed by atoms with Crippen LogP contribution in [0.1, 0.15) is 58.3 Å². The number of unbranched alkanes of at least 4 members (excludes halogenated alkanes) is 5. The molecule has 0 aromatic heterocycles. The minimum absolute atomic E-state index is 0.0585. The smallest absolute Gasteiger partial charge is 0.226 e. The number of ketones is 1. The molecule has 0 aliphatic heterocycles. The molecule has 122 valence electrons. The van der Waals surface area contributed by atoms with Crippen molar-refractivity contribution < 1.29 is 14.0 Å². The van der Waals surface area contributed by atoms with Crippen LogP contribution in [0, 0.1) is 5.82 Å². The molecule has 1 aromatic rings. The fourth-order valence-corrected chi connectivity index (χ4v) is 2.33. The maximum Gasteiger partial charge on any atom is 0.226 e. The zero-order chi connectivity index (χ0) is 16.4. The van der Waals surface area contributed by atoms with E-state index in [9.17, 15) is 14.0 Å². The number of Topliss-reactive ketones (excluding diaryl/α,β-unsaturated/α-hetero) is 1. The van der Waals surface area contributed by atoms with Gasteiger partial charge in [0.25, 0.3) is 0 Å². The Bertz CT molecular complexity index is 470. The Morgan fingerprint density at radius 1 is 0.909 bits per heavy atom. The monoisotopic (exact) mass is 307 g/mol. The van der Waals surface area contributed by atoms with E-state index in [4.69, 9.17) is 0 Å². The van der Waals surface area contributed by atoms with Crippen LogP contribution in [0.15, 0.2) is 24.3 Å². The molecule has 0 atom stereocenters. The Morgan fingerprint density at radius 3 is 1.95 bits per heavy atom. The molecule has 1 rings (SSSR count). The van der Waals surface area contributed by atoms with Gasteiger partial charge in [0.2, 0.25) is 5.91 Å². The normalized spacial score (nSPS) is 10.5. The summed E-state index contributed by atoms with van der Waals surface area (Å²) in [5.74, 6) is 0.0204. The zero-order valence-corrected chi connectivity index (χ0v) is 13.6. The lowest BCUT2D eigenvalue weighted by Crippen LogP contribution is -2.25. The predicted molar refractivity (Wildman–Crippen MR) is 87.4 cm³/mol. The molecule has 0 saturated heterocycles. The molecule has 0 saturated carbocycles. The van der Waals surface area contributed by atoms with Gasteiger partial charge in [0, 0.05) is 25.6 Å². The van der Waals surface area contributed by atoms with Crippen LogP contribution in [0.5, 0.6) is 0 Å². The zero-order valence-electron chi connectivity index (χ0n) is 13.6. The summed E-state index contributed by atoms with van der Waals surface area (Å²) in [5.41, 5.74) is 0.718. The number of rotatable bonds is 10. The van der Waals surface area contributed by atoms with E-state index in [1.807, 2.05) is 0 Å². The van der Waals surface area contributed by atoms with Crippen molar-refractivity contribution in [2.45, 2.75) is 58.3 Å². The number of halogens is 1. The van der Waals surface area contributed by atoms with E-state index in [-0.39, 0.29) is 17.5 Å². The number of carbonyl (C=O) groups is 2. The average Bonchev–Trinajstić information content (AvgIpc) is 2.49. The summed E-state index contributed by atoms with van der Waals surface area (Å²) in [7, 11) is 1.72. The second kappa shape index (κ2) is 10.1. The van der Waals surface area contributed by atoms with Crippen molar-refractivity contribution in [3.05, 3.63) is 30.1 Å². The molecule has 0 bridgehead atoms. The Balaban J connectivity index is 2.12. The van der Waals surface area contributed by atoms with Gasteiger partial charge in [-0.1, -0.05) is 25.7 Å². The number of amides is 1. The molecule has 0 radical (unpaired) electrons. The van der Waals surface area contributed by atoms with Crippen LogP contribution in [0.3, 0.4) is 0 Å². The van der Waals surface area contributed by atoms with Crippen molar-refractivity contribution >= 4 is 17.4 Å². The molecule has 0 spiro atoms. The van der Waals surface area contributed by atoms with Crippen LogP contribution in [-0.4, -0.2) is 18.7 Å². The first-order chi connectivity index (χ1) is 10.5. The topological polar surface area (TPSA) is 37.4 Å². The SMILES string of the molecule is CC(=O)CCCCCCCCC(=O)N(C)c1ccc(F)cc1. The molecule has 3 nitrogen and oxygen atoms in total. The fraction of sp³-hybridized carbons (Fsp3) is 0.556. The molecule has 0 unspecified atom stereocenters. The van der Waals surface area contributed by atoms with Crippen LogP contribution < -0.4 is 4.90 Å². The summed E-state index contributed by atoms with van der Waals surface area (Å²) >= 11 is 0. The lowest BCUT2D eigenvalue weighted by Gasteiger charge is -2.17. The van der Waals surface area contributed by atoms with Crippen LogP contribution in [0.4, 0.5) is 10.1 Å². The first-order valence-electron chi connectivity index (χ1n) is 8.02. The highest BCUT2D eigenvalue weighted by Crippen LogP contribution is 2.15. The molecule has 1 aromatic carbocycles. The van der Waals surface area contributed by atoms with Gasteiger partial charge in [0.1, 0.15) is 11.6 Å². The van der Waals surface area contributed by atoms with Crippen molar-refractivity contribution in [1.29, 1.82) is 0 Å². The molecule has 4 heteroatoms. The third-order valence-electron chi connectivity index (χ3n) is 3.76. The Kier molecular flexibility index (Phi) is 8.41. The summed E-state index contributed by atoms with van der Waals surface area (Å²) in [6.45, 7) is 1.63. The van der Waals surface area contributed by atoms with Gasteiger partial charge >= 0.3 is 0 Å². The molecule has 1 amide bonds. The molecular formula is C18H26FNO2. The summed E-state index contributed by atoms with van der Waals surface area (Å²) in [4.78, 5) is 24.4. The highest BCUT2D eigenvalue weighted by atomic mass is 19.1. The molecule has 0 aliphatic carbocycles. The maximum absolute atomic E-state index is 12.8. The highest BCUT2D eigenvalue weighted by Gasteiger charge is 2.10. The van der Waals surface area contributed by atoms with Crippen LogP contribution in [0.25, 0.3) is 0 Å². The van der Waals surface area contributed by atoms with Gasteiger partial charge in [-0.25, -0.2) is 4.39 Å². The fourth-order valence-electron chi connectivity index (χ4n) is 2.33. The first kappa shape index (κ1) is 18.3. The van der Waals surface area contributed by atoms with Crippen molar-refractivity contribution in [1.82, 2.24) is 0 Å².